The lowest BCUT2D eigenvalue weighted by Gasteiger charge is -2.31. The number of imide groups is 1. The van der Waals surface area contributed by atoms with Gasteiger partial charge >= 0.3 is 0 Å². The molecule has 6 heteroatoms. The Kier molecular flexibility index (Phi) is 5.57. The molecule has 2 saturated heterocycles. The molecule has 37 heavy (non-hydrogen) atoms. The minimum atomic E-state index is -1.30. The van der Waals surface area contributed by atoms with Crippen molar-refractivity contribution >= 4 is 23.4 Å². The molecule has 3 aromatic rings. The standard InChI is InChI=1S/C31H29N3O3/c1-20(2)18-33-25-16-10-9-15-23(25)31(30(33)37)27-26(24(32-31)17-21-11-5-3-6-12-21)28(35)34(29(27)36)19-22-13-7-4-8-14-22/h3-16,24,26-27,32H,1,17-19H2,2H3/t24-,26+,27-,31+/m0/s1. The van der Waals surface area contributed by atoms with E-state index in [0.29, 0.717) is 13.0 Å². The maximum absolute atomic E-state index is 14.3. The molecule has 3 aliphatic rings. The van der Waals surface area contributed by atoms with Crippen LogP contribution in [0.2, 0.25) is 0 Å². The number of likely N-dealkylation sites (tertiary alicyclic amines) is 1. The van der Waals surface area contributed by atoms with E-state index in [-0.39, 0.29) is 30.3 Å². The zero-order valence-corrected chi connectivity index (χ0v) is 20.8. The van der Waals surface area contributed by atoms with Gasteiger partial charge in [0.25, 0.3) is 5.91 Å². The van der Waals surface area contributed by atoms with Crippen LogP contribution in [-0.2, 0) is 32.9 Å². The monoisotopic (exact) mass is 491 g/mol. The second-order valence-corrected chi connectivity index (χ2v) is 10.4. The van der Waals surface area contributed by atoms with E-state index in [0.717, 1.165) is 28.0 Å². The number of fused-ring (bicyclic) bond motifs is 4. The molecule has 3 amide bonds. The third kappa shape index (κ3) is 3.55. The lowest BCUT2D eigenvalue weighted by Crippen LogP contribution is -2.55. The number of hydrogen-bond acceptors (Lipinski definition) is 4. The number of hydrogen-bond donors (Lipinski definition) is 1. The first-order valence-electron chi connectivity index (χ1n) is 12.7. The van der Waals surface area contributed by atoms with E-state index >= 15 is 0 Å². The van der Waals surface area contributed by atoms with Crippen LogP contribution in [0.3, 0.4) is 0 Å². The normalized spacial score (nSPS) is 26.2. The maximum Gasteiger partial charge on any atom is 0.253 e. The summed E-state index contributed by atoms with van der Waals surface area (Å²) in [6.07, 6.45) is 0.540. The second-order valence-electron chi connectivity index (χ2n) is 10.4. The molecular weight excluding hydrogens is 462 g/mol. The van der Waals surface area contributed by atoms with E-state index in [1.165, 1.54) is 4.90 Å². The third-order valence-electron chi connectivity index (χ3n) is 7.87. The van der Waals surface area contributed by atoms with Crippen LogP contribution in [0.1, 0.15) is 23.6 Å². The summed E-state index contributed by atoms with van der Waals surface area (Å²) in [6.45, 7) is 6.46. The molecular formula is C31H29N3O3. The highest BCUT2D eigenvalue weighted by Crippen LogP contribution is 2.55. The summed E-state index contributed by atoms with van der Waals surface area (Å²) < 4.78 is 0. The first kappa shape index (κ1) is 23.4. The lowest BCUT2D eigenvalue weighted by atomic mass is 9.76. The van der Waals surface area contributed by atoms with E-state index in [1.54, 1.807) is 4.90 Å². The average Bonchev–Trinajstić information content (AvgIpc) is 3.45. The maximum atomic E-state index is 14.3. The molecule has 186 valence electrons. The summed E-state index contributed by atoms with van der Waals surface area (Å²) in [5, 5.41) is 3.58. The largest absolute Gasteiger partial charge is 0.306 e. The molecule has 1 spiro atoms. The van der Waals surface area contributed by atoms with Crippen LogP contribution in [-0.4, -0.2) is 35.2 Å². The molecule has 0 unspecified atom stereocenters. The number of rotatable bonds is 6. The van der Waals surface area contributed by atoms with Crippen molar-refractivity contribution < 1.29 is 14.4 Å². The second kappa shape index (κ2) is 8.82. The Morgan fingerprint density at radius 3 is 2.14 bits per heavy atom. The van der Waals surface area contributed by atoms with Gasteiger partial charge < -0.3 is 4.90 Å². The summed E-state index contributed by atoms with van der Waals surface area (Å²) in [5.74, 6) is -2.15. The van der Waals surface area contributed by atoms with Gasteiger partial charge in [0, 0.05) is 23.8 Å². The Morgan fingerprint density at radius 1 is 0.838 bits per heavy atom. The highest BCUT2D eigenvalue weighted by atomic mass is 16.2. The van der Waals surface area contributed by atoms with Crippen molar-refractivity contribution in [1.29, 1.82) is 0 Å². The van der Waals surface area contributed by atoms with E-state index in [2.05, 4.69) is 11.9 Å². The first-order chi connectivity index (χ1) is 17.9. The lowest BCUT2D eigenvalue weighted by molar-refractivity contribution is -0.143. The van der Waals surface area contributed by atoms with Gasteiger partial charge in [-0.1, -0.05) is 91.0 Å². The molecule has 4 atom stereocenters. The Morgan fingerprint density at radius 2 is 1.46 bits per heavy atom. The number of nitrogens with zero attached hydrogens (tertiary/aromatic N) is 2. The molecule has 0 bridgehead atoms. The van der Waals surface area contributed by atoms with E-state index < -0.39 is 17.4 Å². The van der Waals surface area contributed by atoms with Crippen molar-refractivity contribution in [2.75, 3.05) is 11.4 Å². The molecule has 6 rings (SSSR count). The quantitative estimate of drug-likeness (QED) is 0.421. The minimum Gasteiger partial charge on any atom is -0.306 e. The van der Waals surface area contributed by atoms with Gasteiger partial charge in [0.05, 0.1) is 18.4 Å². The molecule has 0 radical (unpaired) electrons. The van der Waals surface area contributed by atoms with Crippen LogP contribution >= 0.6 is 0 Å². The Labute approximate surface area is 216 Å². The number of anilines is 1. The van der Waals surface area contributed by atoms with Crippen molar-refractivity contribution in [3.05, 3.63) is 114 Å². The Hall–Kier alpha value is -4.03. The topological polar surface area (TPSA) is 69.7 Å². The smallest absolute Gasteiger partial charge is 0.253 e. The van der Waals surface area contributed by atoms with E-state index in [4.69, 9.17) is 0 Å². The van der Waals surface area contributed by atoms with Crippen molar-refractivity contribution in [2.24, 2.45) is 11.8 Å². The van der Waals surface area contributed by atoms with Crippen molar-refractivity contribution in [1.82, 2.24) is 10.2 Å². The molecule has 2 fully saturated rings. The predicted molar refractivity (Wildman–Crippen MR) is 141 cm³/mol. The van der Waals surface area contributed by atoms with Gasteiger partial charge in [-0.3, -0.25) is 24.6 Å². The fourth-order valence-electron chi connectivity index (χ4n) is 6.40. The van der Waals surface area contributed by atoms with Gasteiger partial charge in [-0.25, -0.2) is 0 Å². The minimum absolute atomic E-state index is 0.190. The van der Waals surface area contributed by atoms with Crippen molar-refractivity contribution in [2.45, 2.75) is 31.5 Å². The summed E-state index contributed by atoms with van der Waals surface area (Å²) >= 11 is 0. The van der Waals surface area contributed by atoms with Gasteiger partial charge in [0.15, 0.2) is 0 Å². The molecule has 6 nitrogen and oxygen atoms in total. The van der Waals surface area contributed by atoms with Gasteiger partial charge in [-0.15, -0.1) is 0 Å². The summed E-state index contributed by atoms with van der Waals surface area (Å²) in [6, 6.07) is 26.7. The van der Waals surface area contributed by atoms with Crippen molar-refractivity contribution in [3.63, 3.8) is 0 Å². The average molecular weight is 492 g/mol. The van der Waals surface area contributed by atoms with Crippen LogP contribution in [0.15, 0.2) is 97.1 Å². The van der Waals surface area contributed by atoms with Crippen molar-refractivity contribution in [3.8, 4) is 0 Å². The first-order valence-corrected chi connectivity index (χ1v) is 12.7. The SMILES string of the molecule is C=C(C)CN1C(=O)[C@@]2(N[C@@H](Cc3ccccc3)[C@H]3C(=O)N(Cc4ccccc4)C(=O)[C@H]32)c2ccccc21. The number of amides is 3. The van der Waals surface area contributed by atoms with Crippen LogP contribution in [0.25, 0.3) is 0 Å². The molecule has 0 saturated carbocycles. The van der Waals surface area contributed by atoms with Crippen LogP contribution in [0, 0.1) is 11.8 Å². The fraction of sp³-hybridized carbons (Fsp3) is 0.258. The molecule has 3 aromatic carbocycles. The highest BCUT2D eigenvalue weighted by molar-refractivity contribution is 6.16. The van der Waals surface area contributed by atoms with Gasteiger partial charge in [-0.2, -0.15) is 0 Å². The van der Waals surface area contributed by atoms with Crippen LogP contribution < -0.4 is 10.2 Å². The van der Waals surface area contributed by atoms with Gasteiger partial charge in [0.2, 0.25) is 11.8 Å². The zero-order chi connectivity index (χ0) is 25.7. The molecule has 0 aromatic heterocycles. The summed E-state index contributed by atoms with van der Waals surface area (Å²) in [7, 11) is 0. The van der Waals surface area contributed by atoms with E-state index in [9.17, 15) is 14.4 Å². The van der Waals surface area contributed by atoms with Gasteiger partial charge in [-0.05, 0) is 30.5 Å². The Bertz CT molecular complexity index is 1400. The fourth-order valence-corrected chi connectivity index (χ4v) is 6.40. The van der Waals surface area contributed by atoms with E-state index in [1.807, 2.05) is 91.9 Å². The third-order valence-corrected chi connectivity index (χ3v) is 7.87. The predicted octanol–water partition coefficient (Wildman–Crippen LogP) is 3.82. The molecule has 0 aliphatic carbocycles. The number of carbonyl (C=O) groups excluding carboxylic acids is 3. The molecule has 3 aliphatic heterocycles. The molecule has 1 N–H and O–H groups in total. The summed E-state index contributed by atoms with van der Waals surface area (Å²) in [5.41, 5.74) is 3.00. The number of benzene rings is 3. The van der Waals surface area contributed by atoms with Gasteiger partial charge in [0.1, 0.15) is 5.54 Å². The Balaban J connectivity index is 1.47. The zero-order valence-electron chi connectivity index (χ0n) is 20.8. The number of carbonyl (C=O) groups is 3. The number of para-hydroxylation sites is 1. The highest BCUT2D eigenvalue weighted by Gasteiger charge is 2.71. The van der Waals surface area contributed by atoms with Crippen LogP contribution in [0.5, 0.6) is 0 Å². The molecule has 3 heterocycles. The van der Waals surface area contributed by atoms with Crippen LogP contribution in [0.4, 0.5) is 5.69 Å². The summed E-state index contributed by atoms with van der Waals surface area (Å²) in [4.78, 5) is 45.5. The number of nitrogens with one attached hydrogen (secondary N) is 1.